The van der Waals surface area contributed by atoms with Crippen molar-refractivity contribution in [2.75, 3.05) is 11.1 Å². The number of nitrogens with two attached hydrogens (primary N) is 1. The first-order valence-electron chi connectivity index (χ1n) is 5.16. The van der Waals surface area contributed by atoms with Crippen molar-refractivity contribution in [3.8, 4) is 11.3 Å². The van der Waals surface area contributed by atoms with E-state index in [1.807, 2.05) is 30.5 Å². The molecule has 0 spiro atoms. The first-order valence-corrected chi connectivity index (χ1v) is 6.04. The number of carbonyl (C=O) groups is 1. The molecule has 0 unspecified atom stereocenters. The van der Waals surface area contributed by atoms with E-state index in [1.165, 1.54) is 18.3 Å². The smallest absolute Gasteiger partial charge is 0.221 e. The van der Waals surface area contributed by atoms with E-state index in [2.05, 4.69) is 10.3 Å². The van der Waals surface area contributed by atoms with Crippen molar-refractivity contribution in [2.24, 2.45) is 0 Å². The number of hydrogen-bond donors (Lipinski definition) is 2. The van der Waals surface area contributed by atoms with Crippen LogP contribution in [0.2, 0.25) is 0 Å². The summed E-state index contributed by atoms with van der Waals surface area (Å²) in [6, 6.07) is 5.83. The second kappa shape index (κ2) is 4.55. The van der Waals surface area contributed by atoms with Gasteiger partial charge < -0.3 is 11.1 Å². The highest BCUT2D eigenvalue weighted by Crippen LogP contribution is 2.27. The van der Waals surface area contributed by atoms with Crippen molar-refractivity contribution in [2.45, 2.75) is 13.8 Å². The minimum Gasteiger partial charge on any atom is -0.375 e. The molecule has 88 valence electrons. The minimum absolute atomic E-state index is 0.0805. The number of carbonyl (C=O) groups excluding carboxylic acids is 1. The Hall–Kier alpha value is -1.88. The molecule has 5 heteroatoms. The summed E-state index contributed by atoms with van der Waals surface area (Å²) < 4.78 is 0. The number of anilines is 2. The summed E-state index contributed by atoms with van der Waals surface area (Å²) in [7, 11) is 0. The van der Waals surface area contributed by atoms with Gasteiger partial charge in [0.2, 0.25) is 5.91 Å². The molecule has 0 saturated heterocycles. The van der Waals surface area contributed by atoms with E-state index >= 15 is 0 Å². The zero-order valence-electron chi connectivity index (χ0n) is 9.65. The maximum Gasteiger partial charge on any atom is 0.221 e. The van der Waals surface area contributed by atoms with Gasteiger partial charge in [-0.3, -0.25) is 4.79 Å². The highest BCUT2D eigenvalue weighted by molar-refractivity contribution is 7.13. The highest BCUT2D eigenvalue weighted by atomic mass is 32.1. The molecule has 0 radical (unpaired) electrons. The average Bonchev–Trinajstić information content (AvgIpc) is 2.67. The third-order valence-electron chi connectivity index (χ3n) is 2.37. The zero-order chi connectivity index (χ0) is 12.4. The lowest BCUT2D eigenvalue weighted by atomic mass is 10.1. The van der Waals surface area contributed by atoms with Crippen LogP contribution >= 0.6 is 11.3 Å². The van der Waals surface area contributed by atoms with Gasteiger partial charge in [0.1, 0.15) is 0 Å². The van der Waals surface area contributed by atoms with E-state index in [-0.39, 0.29) is 5.91 Å². The van der Waals surface area contributed by atoms with Crippen LogP contribution in [0.4, 0.5) is 10.8 Å². The molecule has 17 heavy (non-hydrogen) atoms. The molecule has 0 bridgehead atoms. The standard InChI is InChI=1S/C12H13N3OS/c1-7-3-4-9(5-10(7)14-8(2)16)11-6-17-12(13)15-11/h3-6H,1-2H3,(H2,13,15)(H,14,16). The van der Waals surface area contributed by atoms with Gasteiger partial charge in [0.15, 0.2) is 5.13 Å². The van der Waals surface area contributed by atoms with E-state index in [4.69, 9.17) is 5.73 Å². The van der Waals surface area contributed by atoms with Gasteiger partial charge in [-0.05, 0) is 18.6 Å². The lowest BCUT2D eigenvalue weighted by molar-refractivity contribution is -0.114. The number of nitrogens with zero attached hydrogens (tertiary/aromatic N) is 1. The Labute approximate surface area is 103 Å². The van der Waals surface area contributed by atoms with E-state index in [9.17, 15) is 4.79 Å². The summed E-state index contributed by atoms with van der Waals surface area (Å²) in [5.74, 6) is -0.0805. The van der Waals surface area contributed by atoms with Crippen LogP contribution in [0.5, 0.6) is 0 Å². The SMILES string of the molecule is CC(=O)Nc1cc(-c2csc(N)n2)ccc1C. The topological polar surface area (TPSA) is 68.0 Å². The molecule has 0 aliphatic heterocycles. The zero-order valence-corrected chi connectivity index (χ0v) is 10.5. The summed E-state index contributed by atoms with van der Waals surface area (Å²) in [6.45, 7) is 3.44. The Balaban J connectivity index is 2.40. The molecule has 1 aromatic heterocycles. The Kier molecular flexibility index (Phi) is 3.10. The predicted molar refractivity (Wildman–Crippen MR) is 71.0 cm³/mol. The molecule has 0 aliphatic rings. The van der Waals surface area contributed by atoms with Crippen molar-refractivity contribution in [3.63, 3.8) is 0 Å². The van der Waals surface area contributed by atoms with Gasteiger partial charge >= 0.3 is 0 Å². The number of nitrogen functional groups attached to an aromatic ring is 1. The number of benzene rings is 1. The van der Waals surface area contributed by atoms with Crippen molar-refractivity contribution in [1.82, 2.24) is 4.98 Å². The largest absolute Gasteiger partial charge is 0.375 e. The van der Waals surface area contributed by atoms with Gasteiger partial charge in [-0.15, -0.1) is 11.3 Å². The van der Waals surface area contributed by atoms with Crippen LogP contribution in [0.15, 0.2) is 23.6 Å². The maximum absolute atomic E-state index is 11.1. The average molecular weight is 247 g/mol. The Morgan fingerprint density at radius 3 is 2.82 bits per heavy atom. The second-order valence-electron chi connectivity index (χ2n) is 3.78. The molecular weight excluding hydrogens is 234 g/mol. The molecular formula is C12H13N3OS. The summed E-state index contributed by atoms with van der Waals surface area (Å²) >= 11 is 1.40. The molecule has 0 aliphatic carbocycles. The third-order valence-corrected chi connectivity index (χ3v) is 3.04. The van der Waals surface area contributed by atoms with Gasteiger partial charge in [-0.2, -0.15) is 0 Å². The second-order valence-corrected chi connectivity index (χ2v) is 4.67. The fraction of sp³-hybridized carbons (Fsp3) is 0.167. The van der Waals surface area contributed by atoms with E-state index in [1.54, 1.807) is 0 Å². The number of amides is 1. The summed E-state index contributed by atoms with van der Waals surface area (Å²) in [5.41, 5.74) is 9.21. The number of hydrogen-bond acceptors (Lipinski definition) is 4. The molecule has 2 aromatic rings. The first kappa shape index (κ1) is 11.6. The minimum atomic E-state index is -0.0805. The Bertz CT molecular complexity index is 563. The highest BCUT2D eigenvalue weighted by Gasteiger charge is 2.06. The number of thiazole rings is 1. The van der Waals surface area contributed by atoms with Crippen LogP contribution in [0.3, 0.4) is 0 Å². The molecule has 0 saturated carbocycles. The van der Waals surface area contributed by atoms with Gasteiger partial charge in [0.05, 0.1) is 5.69 Å². The quantitative estimate of drug-likeness (QED) is 0.857. The van der Waals surface area contributed by atoms with Gasteiger partial charge in [-0.25, -0.2) is 4.98 Å². The van der Waals surface area contributed by atoms with Gasteiger partial charge in [0.25, 0.3) is 0 Å². The lowest BCUT2D eigenvalue weighted by Gasteiger charge is -2.07. The molecule has 0 fully saturated rings. The normalized spacial score (nSPS) is 10.2. The number of aromatic nitrogens is 1. The number of aryl methyl sites for hydroxylation is 1. The Morgan fingerprint density at radius 2 is 2.24 bits per heavy atom. The Morgan fingerprint density at radius 1 is 1.47 bits per heavy atom. The van der Waals surface area contributed by atoms with Crippen LogP contribution in [0, 0.1) is 6.92 Å². The maximum atomic E-state index is 11.1. The van der Waals surface area contributed by atoms with E-state index in [0.29, 0.717) is 5.13 Å². The molecule has 1 heterocycles. The number of nitrogens with one attached hydrogen (secondary N) is 1. The van der Waals surface area contributed by atoms with Crippen molar-refractivity contribution < 1.29 is 4.79 Å². The molecule has 2 rings (SSSR count). The van der Waals surface area contributed by atoms with Gasteiger partial charge in [-0.1, -0.05) is 12.1 Å². The lowest BCUT2D eigenvalue weighted by Crippen LogP contribution is -2.07. The predicted octanol–water partition coefficient (Wildman–Crippen LogP) is 2.66. The van der Waals surface area contributed by atoms with Gasteiger partial charge in [0, 0.05) is 23.6 Å². The van der Waals surface area contributed by atoms with Crippen LogP contribution in [-0.4, -0.2) is 10.9 Å². The van der Waals surface area contributed by atoms with Crippen molar-refractivity contribution >= 4 is 28.1 Å². The molecule has 4 nitrogen and oxygen atoms in total. The fourth-order valence-electron chi connectivity index (χ4n) is 1.53. The van der Waals surface area contributed by atoms with E-state index < -0.39 is 0 Å². The monoisotopic (exact) mass is 247 g/mol. The third kappa shape index (κ3) is 2.62. The van der Waals surface area contributed by atoms with Crippen molar-refractivity contribution in [1.29, 1.82) is 0 Å². The van der Waals surface area contributed by atoms with Crippen LogP contribution < -0.4 is 11.1 Å². The summed E-state index contributed by atoms with van der Waals surface area (Å²) in [6.07, 6.45) is 0. The van der Waals surface area contributed by atoms with E-state index in [0.717, 1.165) is 22.5 Å². The fourth-order valence-corrected chi connectivity index (χ4v) is 2.10. The van der Waals surface area contributed by atoms with Crippen LogP contribution in [0.1, 0.15) is 12.5 Å². The molecule has 1 aromatic carbocycles. The number of rotatable bonds is 2. The summed E-state index contributed by atoms with van der Waals surface area (Å²) in [5, 5.41) is 5.24. The molecule has 0 atom stereocenters. The van der Waals surface area contributed by atoms with Crippen LogP contribution in [0.25, 0.3) is 11.3 Å². The summed E-state index contributed by atoms with van der Waals surface area (Å²) in [4.78, 5) is 15.3. The van der Waals surface area contributed by atoms with Crippen molar-refractivity contribution in [3.05, 3.63) is 29.1 Å². The van der Waals surface area contributed by atoms with Crippen LogP contribution in [-0.2, 0) is 4.79 Å². The first-order chi connectivity index (χ1) is 8.06. The molecule has 1 amide bonds. The molecule has 3 N–H and O–H groups in total.